The van der Waals surface area contributed by atoms with E-state index in [1.807, 2.05) is 24.4 Å². The third-order valence-corrected chi connectivity index (χ3v) is 5.08. The van der Waals surface area contributed by atoms with Gasteiger partial charge in [0.1, 0.15) is 11.6 Å². The first-order valence-electron chi connectivity index (χ1n) is 9.35. The van der Waals surface area contributed by atoms with E-state index >= 15 is 0 Å². The Labute approximate surface area is 170 Å². The molecule has 8 heteroatoms. The van der Waals surface area contributed by atoms with Crippen LogP contribution in [0.25, 0.3) is 32.9 Å². The van der Waals surface area contributed by atoms with Crippen LogP contribution in [0.3, 0.4) is 0 Å². The van der Waals surface area contributed by atoms with Gasteiger partial charge in [0.2, 0.25) is 0 Å². The summed E-state index contributed by atoms with van der Waals surface area (Å²) >= 11 is 0. The van der Waals surface area contributed by atoms with Crippen molar-refractivity contribution in [1.29, 1.82) is 0 Å². The monoisotopic (exact) mass is 398 g/mol. The smallest absolute Gasteiger partial charge is 0.253 e. The summed E-state index contributed by atoms with van der Waals surface area (Å²) in [5.74, 6) is 0.395. The number of benzene rings is 2. The second-order valence-electron chi connectivity index (χ2n) is 7.06. The van der Waals surface area contributed by atoms with Gasteiger partial charge < -0.3 is 21.1 Å². The van der Waals surface area contributed by atoms with Crippen molar-refractivity contribution in [2.24, 2.45) is 0 Å². The first kappa shape index (κ1) is 17.7. The van der Waals surface area contributed by atoms with Crippen molar-refractivity contribution < 1.29 is 9.90 Å². The summed E-state index contributed by atoms with van der Waals surface area (Å²) in [6, 6.07) is 12.3. The van der Waals surface area contributed by atoms with E-state index in [0.717, 1.165) is 33.0 Å². The molecule has 0 atom stereocenters. The van der Waals surface area contributed by atoms with Crippen LogP contribution in [-0.4, -0.2) is 31.2 Å². The van der Waals surface area contributed by atoms with E-state index in [0.29, 0.717) is 23.4 Å². The van der Waals surface area contributed by atoms with Gasteiger partial charge in [-0.15, -0.1) is 0 Å². The molecule has 0 aliphatic heterocycles. The summed E-state index contributed by atoms with van der Waals surface area (Å²) < 4.78 is 0. The number of carbonyl (C=O) groups excluding carboxylic acids is 1. The van der Waals surface area contributed by atoms with Gasteiger partial charge in [0.15, 0.2) is 0 Å². The highest BCUT2D eigenvalue weighted by atomic mass is 16.3. The van der Waals surface area contributed by atoms with Crippen LogP contribution < -0.4 is 11.1 Å². The maximum atomic E-state index is 13.0. The number of aromatic nitrogens is 4. The Morgan fingerprint density at radius 1 is 1.13 bits per heavy atom. The summed E-state index contributed by atoms with van der Waals surface area (Å²) in [4.78, 5) is 20.3. The number of H-pyrrole nitrogens is 2. The molecular weight excluding hydrogens is 380 g/mol. The number of pyridine rings is 1. The molecular formula is C22H18N6O2. The minimum absolute atomic E-state index is 0.187. The van der Waals surface area contributed by atoms with Gasteiger partial charge in [-0.2, -0.15) is 5.10 Å². The van der Waals surface area contributed by atoms with Gasteiger partial charge in [0.25, 0.3) is 5.91 Å². The fraction of sp³-hybridized carbons (Fsp3) is 0.0455. The number of aromatic hydroxyl groups is 1. The van der Waals surface area contributed by atoms with E-state index in [9.17, 15) is 9.90 Å². The SMILES string of the molecule is Nc1cc2c(-c3cc(C(=O)NCc4ccc(O)cc4)c4[nH]ncc4c3)c[nH]c2cn1. The molecule has 0 spiro atoms. The highest BCUT2D eigenvalue weighted by Crippen LogP contribution is 2.32. The Morgan fingerprint density at radius 2 is 1.97 bits per heavy atom. The summed E-state index contributed by atoms with van der Waals surface area (Å²) in [6.07, 6.45) is 5.27. The molecule has 1 amide bonds. The number of nitrogens with one attached hydrogen (secondary N) is 3. The van der Waals surface area contributed by atoms with Gasteiger partial charge >= 0.3 is 0 Å². The summed E-state index contributed by atoms with van der Waals surface area (Å²) in [5, 5.41) is 21.1. The minimum Gasteiger partial charge on any atom is -0.508 e. The number of phenols is 1. The Balaban J connectivity index is 1.53. The van der Waals surface area contributed by atoms with E-state index in [2.05, 4.69) is 25.5 Å². The first-order chi connectivity index (χ1) is 14.6. The van der Waals surface area contributed by atoms with Crippen LogP contribution in [0.2, 0.25) is 0 Å². The maximum absolute atomic E-state index is 13.0. The Hall–Kier alpha value is -4.33. The van der Waals surface area contributed by atoms with E-state index in [1.165, 1.54) is 0 Å². The average Bonchev–Trinajstić information content (AvgIpc) is 3.38. The molecule has 3 aromatic heterocycles. The third kappa shape index (κ3) is 3.10. The van der Waals surface area contributed by atoms with Crippen LogP contribution >= 0.6 is 0 Å². The lowest BCUT2D eigenvalue weighted by atomic mass is 10.00. The Bertz CT molecular complexity index is 1380. The number of fused-ring (bicyclic) bond motifs is 2. The lowest BCUT2D eigenvalue weighted by Crippen LogP contribution is -2.23. The van der Waals surface area contributed by atoms with Crippen molar-refractivity contribution in [1.82, 2.24) is 25.5 Å². The predicted octanol–water partition coefficient (Wildman–Crippen LogP) is 3.32. The second kappa shape index (κ2) is 6.93. The van der Waals surface area contributed by atoms with E-state index in [4.69, 9.17) is 5.73 Å². The normalized spacial score (nSPS) is 11.2. The molecule has 148 valence electrons. The van der Waals surface area contributed by atoms with Gasteiger partial charge in [-0.25, -0.2) is 4.98 Å². The van der Waals surface area contributed by atoms with Crippen LogP contribution in [0.15, 0.2) is 61.1 Å². The lowest BCUT2D eigenvalue weighted by molar-refractivity contribution is 0.0952. The zero-order valence-electron chi connectivity index (χ0n) is 15.8. The second-order valence-corrected chi connectivity index (χ2v) is 7.06. The molecule has 0 saturated carbocycles. The molecule has 3 heterocycles. The molecule has 0 aliphatic rings. The van der Waals surface area contributed by atoms with Gasteiger partial charge in [-0.3, -0.25) is 9.89 Å². The predicted molar refractivity (Wildman–Crippen MR) is 115 cm³/mol. The van der Waals surface area contributed by atoms with Crippen LogP contribution in [0.1, 0.15) is 15.9 Å². The third-order valence-electron chi connectivity index (χ3n) is 5.08. The molecule has 30 heavy (non-hydrogen) atoms. The molecule has 2 aromatic carbocycles. The van der Waals surface area contributed by atoms with Gasteiger partial charge in [0.05, 0.1) is 29.0 Å². The highest BCUT2D eigenvalue weighted by Gasteiger charge is 2.16. The van der Waals surface area contributed by atoms with Crippen molar-refractivity contribution in [2.45, 2.75) is 6.54 Å². The van der Waals surface area contributed by atoms with E-state index < -0.39 is 0 Å². The molecule has 8 nitrogen and oxygen atoms in total. The molecule has 0 fully saturated rings. The number of hydrogen-bond donors (Lipinski definition) is 5. The molecule has 5 aromatic rings. The van der Waals surface area contributed by atoms with E-state index in [1.54, 1.807) is 36.7 Å². The van der Waals surface area contributed by atoms with Crippen LogP contribution in [-0.2, 0) is 6.54 Å². The number of phenolic OH excluding ortho intramolecular Hbond substituents is 1. The largest absolute Gasteiger partial charge is 0.508 e. The zero-order chi connectivity index (χ0) is 20.7. The van der Waals surface area contributed by atoms with Crippen molar-refractivity contribution in [2.75, 3.05) is 5.73 Å². The number of rotatable bonds is 4. The first-order valence-corrected chi connectivity index (χ1v) is 9.35. The Morgan fingerprint density at radius 3 is 2.80 bits per heavy atom. The molecule has 0 bridgehead atoms. The molecule has 0 unspecified atom stereocenters. The quantitative estimate of drug-likeness (QED) is 0.317. The highest BCUT2D eigenvalue weighted by molar-refractivity contribution is 6.08. The summed E-state index contributed by atoms with van der Waals surface area (Å²) in [5.41, 5.74) is 10.6. The Kier molecular flexibility index (Phi) is 4.10. The fourth-order valence-corrected chi connectivity index (χ4v) is 3.56. The number of anilines is 1. The molecule has 5 rings (SSSR count). The number of carbonyl (C=O) groups is 1. The number of nitrogen functional groups attached to an aromatic ring is 1. The van der Waals surface area contributed by atoms with Crippen molar-refractivity contribution >= 4 is 33.5 Å². The van der Waals surface area contributed by atoms with Crippen molar-refractivity contribution in [3.8, 4) is 16.9 Å². The summed E-state index contributed by atoms with van der Waals surface area (Å²) in [6.45, 7) is 0.342. The van der Waals surface area contributed by atoms with E-state index in [-0.39, 0.29) is 11.7 Å². The molecule has 0 radical (unpaired) electrons. The number of amides is 1. The zero-order valence-corrected chi connectivity index (χ0v) is 15.8. The van der Waals surface area contributed by atoms with Gasteiger partial charge in [-0.05, 0) is 41.5 Å². The number of nitrogens with zero attached hydrogens (tertiary/aromatic N) is 2. The standard InChI is InChI=1S/C22H18N6O2/c23-20-7-16-18(10-24-19(16)11-25-20)13-5-14-9-27-28-21(14)17(6-13)22(30)26-8-12-1-3-15(29)4-2-12/h1-7,9-11,24,29H,8H2,(H2,23,25)(H,26,30)(H,27,28). The number of nitrogens with two attached hydrogens (primary N) is 1. The molecule has 0 saturated heterocycles. The van der Waals surface area contributed by atoms with Gasteiger partial charge in [0, 0.05) is 29.1 Å². The number of aromatic amines is 2. The lowest BCUT2D eigenvalue weighted by Gasteiger charge is -2.09. The van der Waals surface area contributed by atoms with Crippen LogP contribution in [0.4, 0.5) is 5.82 Å². The molecule has 0 aliphatic carbocycles. The maximum Gasteiger partial charge on any atom is 0.253 e. The average molecular weight is 398 g/mol. The fourth-order valence-electron chi connectivity index (χ4n) is 3.56. The van der Waals surface area contributed by atoms with Crippen LogP contribution in [0.5, 0.6) is 5.75 Å². The number of hydrogen-bond acceptors (Lipinski definition) is 5. The topological polar surface area (TPSA) is 133 Å². The van der Waals surface area contributed by atoms with Crippen molar-refractivity contribution in [3.05, 3.63) is 72.2 Å². The minimum atomic E-state index is -0.222. The van der Waals surface area contributed by atoms with Crippen molar-refractivity contribution in [3.63, 3.8) is 0 Å². The van der Waals surface area contributed by atoms with Crippen LogP contribution in [0, 0.1) is 0 Å². The molecule has 6 N–H and O–H groups in total. The summed E-state index contributed by atoms with van der Waals surface area (Å²) in [7, 11) is 0. The van der Waals surface area contributed by atoms with Gasteiger partial charge in [-0.1, -0.05) is 12.1 Å².